The number of aliphatic hydroxyl groups excluding tert-OH is 1. The summed E-state index contributed by atoms with van der Waals surface area (Å²) in [6.45, 7) is 2.12. The summed E-state index contributed by atoms with van der Waals surface area (Å²) in [7, 11) is 0. The van der Waals surface area contributed by atoms with E-state index < -0.39 is 6.61 Å². The molecule has 0 aliphatic carbocycles. The molecule has 2 fully saturated rings. The number of fused-ring (bicyclic) bond motifs is 1. The minimum Gasteiger partial charge on any atom is -0.489 e. The molecule has 2 aliphatic rings. The smallest absolute Gasteiger partial charge is 0.253 e. The van der Waals surface area contributed by atoms with Gasteiger partial charge in [-0.1, -0.05) is 12.1 Å². The first-order chi connectivity index (χ1) is 20.5. The third-order valence-electron chi connectivity index (χ3n) is 8.09. The number of carbonyl (C=O) groups excluding carboxylic acids is 2. The van der Waals surface area contributed by atoms with Crippen molar-refractivity contribution >= 4 is 22.8 Å². The number of hydrogen-bond acceptors (Lipinski definition) is 7. The number of nitriles is 1. The summed E-state index contributed by atoms with van der Waals surface area (Å²) in [5, 5.41) is 19.8. The van der Waals surface area contributed by atoms with E-state index in [2.05, 4.69) is 21.0 Å². The van der Waals surface area contributed by atoms with Crippen molar-refractivity contribution in [2.24, 2.45) is 0 Å². The normalized spacial score (nSPS) is 15.9. The van der Waals surface area contributed by atoms with Crippen LogP contribution in [0.4, 0.5) is 0 Å². The maximum Gasteiger partial charge on any atom is 0.253 e. The molecule has 0 saturated carbocycles. The number of hydrogen-bond donors (Lipinski definition) is 2. The van der Waals surface area contributed by atoms with Crippen molar-refractivity contribution in [1.82, 2.24) is 24.8 Å². The van der Waals surface area contributed by atoms with E-state index >= 15 is 0 Å². The van der Waals surface area contributed by atoms with E-state index in [1.807, 2.05) is 41.3 Å². The van der Waals surface area contributed by atoms with E-state index in [9.17, 15) is 14.9 Å². The quantitative estimate of drug-likeness (QED) is 0.359. The van der Waals surface area contributed by atoms with Gasteiger partial charge in [0.1, 0.15) is 36.5 Å². The van der Waals surface area contributed by atoms with Crippen molar-refractivity contribution in [2.75, 3.05) is 32.8 Å². The van der Waals surface area contributed by atoms with Crippen molar-refractivity contribution in [2.45, 2.75) is 38.2 Å². The monoisotopic (exact) mass is 564 g/mol. The number of piperidine rings is 2. The first kappa shape index (κ1) is 27.4. The predicted octanol–water partition coefficient (Wildman–Crippen LogP) is 4.15. The van der Waals surface area contributed by atoms with Crippen LogP contribution in [0.1, 0.15) is 48.0 Å². The number of aliphatic hydroxyl groups is 1. The Morgan fingerprint density at radius 2 is 1.79 bits per heavy atom. The highest BCUT2D eigenvalue weighted by molar-refractivity contribution is 5.97. The molecule has 42 heavy (non-hydrogen) atoms. The third-order valence-corrected chi connectivity index (χ3v) is 8.09. The van der Waals surface area contributed by atoms with Gasteiger partial charge >= 0.3 is 0 Å². The predicted molar refractivity (Wildman–Crippen MR) is 157 cm³/mol. The average Bonchev–Trinajstić information content (AvgIpc) is 3.50. The van der Waals surface area contributed by atoms with Crippen LogP contribution in [-0.4, -0.2) is 80.6 Å². The number of carbonyl (C=O) groups is 2. The van der Waals surface area contributed by atoms with Gasteiger partial charge < -0.3 is 24.6 Å². The van der Waals surface area contributed by atoms with Gasteiger partial charge in [-0.3, -0.25) is 9.59 Å². The molecule has 4 heterocycles. The van der Waals surface area contributed by atoms with Gasteiger partial charge in [-0.15, -0.1) is 0 Å². The number of aromatic amines is 1. The Kier molecular flexibility index (Phi) is 7.84. The van der Waals surface area contributed by atoms with Crippen LogP contribution < -0.4 is 4.74 Å². The number of nitrogens with zero attached hydrogens (tertiary/aromatic N) is 5. The fraction of sp³-hybridized carbons (Fsp3) is 0.344. The molecule has 0 unspecified atom stereocenters. The van der Waals surface area contributed by atoms with E-state index in [1.165, 1.54) is 12.7 Å². The van der Waals surface area contributed by atoms with Gasteiger partial charge in [0.25, 0.3) is 5.91 Å². The van der Waals surface area contributed by atoms with Crippen LogP contribution in [-0.2, 0) is 4.79 Å². The lowest BCUT2D eigenvalue weighted by atomic mass is 10.0. The van der Waals surface area contributed by atoms with Gasteiger partial charge in [-0.25, -0.2) is 9.97 Å². The molecule has 0 bridgehead atoms. The SMILES string of the molecule is N#Cc1cc(-c2ncnc3[nH]c(-c4cccc(C(=O)N5CCCCC5)c4)cc23)ccc1OC1CCN(C(=O)CO)CC1. The number of likely N-dealkylation sites (tertiary alicyclic amines) is 2. The van der Waals surface area contributed by atoms with Crippen molar-refractivity contribution in [1.29, 1.82) is 5.26 Å². The molecule has 2 saturated heterocycles. The second kappa shape index (κ2) is 12.0. The van der Waals surface area contributed by atoms with Gasteiger partial charge in [-0.05, 0) is 61.2 Å². The lowest BCUT2D eigenvalue weighted by Gasteiger charge is -2.32. The summed E-state index contributed by atoms with van der Waals surface area (Å²) in [6, 6.07) is 17.3. The number of amides is 2. The van der Waals surface area contributed by atoms with E-state index in [1.54, 1.807) is 17.0 Å². The highest BCUT2D eigenvalue weighted by Gasteiger charge is 2.24. The zero-order valence-corrected chi connectivity index (χ0v) is 23.3. The van der Waals surface area contributed by atoms with Gasteiger partial charge in [0.15, 0.2) is 0 Å². The van der Waals surface area contributed by atoms with Crippen molar-refractivity contribution in [3.63, 3.8) is 0 Å². The Labute approximate surface area is 243 Å². The molecule has 4 aromatic rings. The molecule has 2 aromatic heterocycles. The molecule has 6 rings (SSSR count). The second-order valence-corrected chi connectivity index (χ2v) is 10.8. The molecule has 0 radical (unpaired) electrons. The summed E-state index contributed by atoms with van der Waals surface area (Å²) >= 11 is 0. The Balaban J connectivity index is 1.24. The number of aromatic nitrogens is 3. The average molecular weight is 565 g/mol. The lowest BCUT2D eigenvalue weighted by Crippen LogP contribution is -2.42. The summed E-state index contributed by atoms with van der Waals surface area (Å²) in [5.74, 6) is 0.269. The molecule has 214 valence electrons. The van der Waals surface area contributed by atoms with Crippen LogP contribution in [0, 0.1) is 11.3 Å². The Bertz CT molecular complexity index is 1660. The molecule has 10 nitrogen and oxygen atoms in total. The van der Waals surface area contributed by atoms with Crippen LogP contribution >= 0.6 is 0 Å². The molecule has 0 atom stereocenters. The molecule has 2 amide bonds. The number of ether oxygens (including phenoxy) is 1. The molecule has 2 aromatic carbocycles. The first-order valence-electron chi connectivity index (χ1n) is 14.4. The van der Waals surface area contributed by atoms with Gasteiger partial charge in [0.05, 0.1) is 11.3 Å². The molecule has 0 spiro atoms. The van der Waals surface area contributed by atoms with E-state index in [0.29, 0.717) is 54.1 Å². The first-order valence-corrected chi connectivity index (χ1v) is 14.4. The minimum absolute atomic E-state index is 0.0590. The fourth-order valence-corrected chi connectivity index (χ4v) is 5.79. The van der Waals surface area contributed by atoms with Crippen LogP contribution in [0.2, 0.25) is 0 Å². The van der Waals surface area contributed by atoms with E-state index in [4.69, 9.17) is 9.84 Å². The highest BCUT2D eigenvalue weighted by Crippen LogP contribution is 2.33. The van der Waals surface area contributed by atoms with Crippen LogP contribution in [0.5, 0.6) is 5.75 Å². The Hall–Kier alpha value is -4.75. The lowest BCUT2D eigenvalue weighted by molar-refractivity contribution is -0.135. The summed E-state index contributed by atoms with van der Waals surface area (Å²) in [4.78, 5) is 40.7. The Morgan fingerprint density at radius 3 is 2.55 bits per heavy atom. The third kappa shape index (κ3) is 5.56. The summed E-state index contributed by atoms with van der Waals surface area (Å²) in [5.41, 5.74) is 4.87. The Morgan fingerprint density at radius 1 is 0.976 bits per heavy atom. The van der Waals surface area contributed by atoms with Crippen molar-refractivity contribution in [3.05, 3.63) is 66.0 Å². The van der Waals surface area contributed by atoms with Gasteiger partial charge in [0, 0.05) is 61.2 Å². The fourth-order valence-electron chi connectivity index (χ4n) is 5.79. The largest absolute Gasteiger partial charge is 0.489 e. The van der Waals surface area contributed by atoms with Crippen molar-refractivity contribution in [3.8, 4) is 34.3 Å². The summed E-state index contributed by atoms with van der Waals surface area (Å²) < 4.78 is 6.16. The van der Waals surface area contributed by atoms with Crippen LogP contribution in [0.3, 0.4) is 0 Å². The van der Waals surface area contributed by atoms with Gasteiger partial charge in [-0.2, -0.15) is 5.26 Å². The number of H-pyrrole nitrogens is 1. The van der Waals surface area contributed by atoms with Crippen LogP contribution in [0.15, 0.2) is 54.9 Å². The van der Waals surface area contributed by atoms with Crippen LogP contribution in [0.25, 0.3) is 33.5 Å². The van der Waals surface area contributed by atoms with Gasteiger partial charge in [0.2, 0.25) is 5.91 Å². The standard InChI is InChI=1S/C32H32N6O4/c33-18-24-16-22(7-8-28(24)42-25-9-13-37(14-10-25)29(40)19-39)30-26-17-27(36-31(26)35-20-34-30)21-5-4-6-23(15-21)32(41)38-11-2-1-3-12-38/h4-8,15-17,20,25,39H,1-3,9-14,19H2,(H,34,35,36). The second-order valence-electron chi connectivity index (χ2n) is 10.8. The number of nitrogens with one attached hydrogen (secondary N) is 1. The summed E-state index contributed by atoms with van der Waals surface area (Å²) in [6.07, 6.45) is 5.88. The zero-order chi connectivity index (χ0) is 29.1. The molecule has 10 heteroatoms. The molecule has 2 N–H and O–H groups in total. The molecular weight excluding hydrogens is 532 g/mol. The van der Waals surface area contributed by atoms with Crippen molar-refractivity contribution < 1.29 is 19.4 Å². The van der Waals surface area contributed by atoms with E-state index in [-0.39, 0.29) is 17.9 Å². The number of benzene rings is 2. The molecular formula is C32H32N6O4. The number of rotatable bonds is 6. The zero-order valence-electron chi connectivity index (χ0n) is 23.3. The highest BCUT2D eigenvalue weighted by atomic mass is 16.5. The minimum atomic E-state index is -0.491. The van der Waals surface area contributed by atoms with E-state index in [0.717, 1.165) is 48.1 Å². The topological polar surface area (TPSA) is 135 Å². The molecule has 2 aliphatic heterocycles. The maximum absolute atomic E-state index is 13.1. The maximum atomic E-state index is 13.1.